The molecule has 0 spiro atoms. The van der Waals surface area contributed by atoms with Crippen molar-refractivity contribution in [3.63, 3.8) is 0 Å². The van der Waals surface area contributed by atoms with E-state index in [0.29, 0.717) is 0 Å². The molecule has 0 aromatic heterocycles. The zero-order chi connectivity index (χ0) is 5.21. The van der Waals surface area contributed by atoms with Crippen LogP contribution in [0.1, 0.15) is 0 Å². The Labute approximate surface area is 38.4 Å². The van der Waals surface area contributed by atoms with Crippen LogP contribution in [0.15, 0.2) is 12.4 Å². The van der Waals surface area contributed by atoms with Gasteiger partial charge in [-0.1, -0.05) is 6.58 Å². The fourth-order valence-corrected chi connectivity index (χ4v) is 0. The van der Waals surface area contributed by atoms with Crippen LogP contribution in [-0.2, 0) is 4.57 Å². The Kier molecular flexibility index (Phi) is 1.60. The van der Waals surface area contributed by atoms with Gasteiger partial charge in [-0.05, 0) is 19.1 Å². The van der Waals surface area contributed by atoms with Gasteiger partial charge in [-0.25, -0.2) is 0 Å². The Morgan fingerprint density at radius 1 is 1.67 bits per heavy atom. The van der Waals surface area contributed by atoms with E-state index in [4.69, 9.17) is 0 Å². The zero-order valence-electron chi connectivity index (χ0n) is 4.14. The van der Waals surface area contributed by atoms with Gasteiger partial charge in [0, 0.05) is 0 Å². The van der Waals surface area contributed by atoms with E-state index in [1.807, 2.05) is 0 Å². The molecule has 0 unspecified atom stereocenters. The van der Waals surface area contributed by atoms with Crippen molar-refractivity contribution in [1.29, 1.82) is 0 Å². The summed E-state index contributed by atoms with van der Waals surface area (Å²) in [6.07, 6.45) is 0. The van der Waals surface area contributed by atoms with Crippen LogP contribution < -0.4 is 0 Å². The van der Waals surface area contributed by atoms with E-state index >= 15 is 0 Å². The van der Waals surface area contributed by atoms with Gasteiger partial charge in [0.2, 0.25) is 0 Å². The zero-order valence-corrected chi connectivity index (χ0v) is 5.03. The second-order valence-corrected chi connectivity index (χ2v) is 4.85. The van der Waals surface area contributed by atoms with Crippen LogP contribution in [0, 0.1) is 0 Å². The molecule has 0 radical (unpaired) electrons. The molecule has 0 fully saturated rings. The second-order valence-electron chi connectivity index (χ2n) is 1.62. The van der Waals surface area contributed by atoms with Crippen molar-refractivity contribution >= 4 is 7.14 Å². The molecule has 0 heterocycles. The fourth-order valence-electron chi connectivity index (χ4n) is 0. The quantitative estimate of drug-likeness (QED) is 0.463. The molecule has 0 aliphatic carbocycles. The number of rotatable bonds is 1. The molecular formula is C4H9OP. The third-order valence-corrected chi connectivity index (χ3v) is 1.32. The average molecular weight is 104 g/mol. The predicted octanol–water partition coefficient (Wildman–Crippen LogP) is 1.75. The SMILES string of the molecule is C=CP(C)(C)=O. The van der Waals surface area contributed by atoms with Crippen molar-refractivity contribution in [3.05, 3.63) is 12.4 Å². The van der Waals surface area contributed by atoms with Crippen molar-refractivity contribution in [2.45, 2.75) is 0 Å². The molecule has 6 heavy (non-hydrogen) atoms. The van der Waals surface area contributed by atoms with Gasteiger partial charge in [0.25, 0.3) is 0 Å². The molecule has 0 amide bonds. The van der Waals surface area contributed by atoms with Crippen LogP contribution in [0.5, 0.6) is 0 Å². The Morgan fingerprint density at radius 2 is 1.83 bits per heavy atom. The van der Waals surface area contributed by atoms with Crippen molar-refractivity contribution in [3.8, 4) is 0 Å². The average Bonchev–Trinajstić information content (AvgIpc) is 1.35. The van der Waals surface area contributed by atoms with Gasteiger partial charge in [0.15, 0.2) is 0 Å². The Morgan fingerprint density at radius 3 is 1.83 bits per heavy atom. The Balaban J connectivity index is 3.81. The topological polar surface area (TPSA) is 17.1 Å². The molecule has 0 saturated carbocycles. The minimum absolute atomic E-state index is 1.49. The highest BCUT2D eigenvalue weighted by Crippen LogP contribution is 2.35. The van der Waals surface area contributed by atoms with E-state index in [0.717, 1.165) is 0 Å². The molecule has 0 N–H and O–H groups in total. The summed E-state index contributed by atoms with van der Waals surface area (Å²) in [5.41, 5.74) is 0. The monoisotopic (exact) mass is 104 g/mol. The van der Waals surface area contributed by atoms with E-state index in [9.17, 15) is 4.57 Å². The first-order valence-electron chi connectivity index (χ1n) is 1.74. The lowest BCUT2D eigenvalue weighted by molar-refractivity contribution is 0.588. The molecule has 0 bridgehead atoms. The van der Waals surface area contributed by atoms with E-state index in [-0.39, 0.29) is 0 Å². The maximum atomic E-state index is 10.5. The largest absolute Gasteiger partial charge is 0.320 e. The lowest BCUT2D eigenvalue weighted by atomic mass is 11.3. The van der Waals surface area contributed by atoms with Crippen LogP contribution in [0.25, 0.3) is 0 Å². The van der Waals surface area contributed by atoms with Crippen molar-refractivity contribution < 1.29 is 4.57 Å². The third-order valence-electron chi connectivity index (χ3n) is 0.440. The van der Waals surface area contributed by atoms with Crippen LogP contribution in [0.2, 0.25) is 0 Å². The molecule has 1 nitrogen and oxygen atoms in total. The molecule has 0 aliphatic heterocycles. The lowest BCUT2D eigenvalue weighted by Crippen LogP contribution is -1.59. The van der Waals surface area contributed by atoms with E-state index < -0.39 is 7.14 Å². The van der Waals surface area contributed by atoms with Gasteiger partial charge >= 0.3 is 0 Å². The molecule has 0 aromatic rings. The first kappa shape index (κ1) is 5.97. The minimum Gasteiger partial charge on any atom is -0.320 e. The summed E-state index contributed by atoms with van der Waals surface area (Å²) < 4.78 is 10.5. The van der Waals surface area contributed by atoms with Crippen molar-refractivity contribution in [1.82, 2.24) is 0 Å². The van der Waals surface area contributed by atoms with Gasteiger partial charge in [-0.2, -0.15) is 0 Å². The summed E-state index contributed by atoms with van der Waals surface area (Å²) in [6.45, 7) is 6.73. The normalized spacial score (nSPS) is 11.0. The molecule has 0 rings (SSSR count). The van der Waals surface area contributed by atoms with Gasteiger partial charge in [-0.3, -0.25) is 0 Å². The smallest absolute Gasteiger partial charge is 0.102 e. The molecular weight excluding hydrogens is 95.0 g/mol. The van der Waals surface area contributed by atoms with Gasteiger partial charge < -0.3 is 4.57 Å². The standard InChI is InChI=1S/C4H9OP/c1-4-6(2,3)5/h4H,1H2,2-3H3. The maximum absolute atomic E-state index is 10.5. The predicted molar refractivity (Wildman–Crippen MR) is 29.7 cm³/mol. The molecule has 0 saturated heterocycles. The summed E-state index contributed by atoms with van der Waals surface area (Å²) in [6, 6.07) is 0. The van der Waals surface area contributed by atoms with Crippen molar-refractivity contribution in [2.24, 2.45) is 0 Å². The summed E-state index contributed by atoms with van der Waals surface area (Å²) >= 11 is 0. The van der Waals surface area contributed by atoms with Gasteiger partial charge in [0.1, 0.15) is 7.14 Å². The van der Waals surface area contributed by atoms with Crippen LogP contribution in [0.4, 0.5) is 0 Å². The highest BCUT2D eigenvalue weighted by Gasteiger charge is 1.94. The summed E-state index contributed by atoms with van der Waals surface area (Å²) in [4.78, 5) is 0. The first-order valence-corrected chi connectivity index (χ1v) is 4.41. The number of hydrogen-bond donors (Lipinski definition) is 0. The third kappa shape index (κ3) is 3.97. The highest BCUT2D eigenvalue weighted by molar-refractivity contribution is 7.65. The lowest BCUT2D eigenvalue weighted by Gasteiger charge is -1.90. The summed E-state index contributed by atoms with van der Waals surface area (Å²) in [7, 11) is -1.88. The second kappa shape index (κ2) is 1.61. The highest BCUT2D eigenvalue weighted by atomic mass is 31.2. The molecule has 0 atom stereocenters. The first-order chi connectivity index (χ1) is 2.56. The van der Waals surface area contributed by atoms with Crippen LogP contribution in [-0.4, -0.2) is 13.3 Å². The molecule has 0 aliphatic rings. The fraction of sp³-hybridized carbons (Fsp3) is 0.500. The van der Waals surface area contributed by atoms with Crippen LogP contribution >= 0.6 is 7.14 Å². The Bertz CT molecular complexity index is 89.7. The van der Waals surface area contributed by atoms with Gasteiger partial charge in [-0.15, -0.1) is 0 Å². The van der Waals surface area contributed by atoms with E-state index in [1.165, 1.54) is 5.82 Å². The Hall–Kier alpha value is -0.0300. The number of hydrogen-bond acceptors (Lipinski definition) is 1. The maximum Gasteiger partial charge on any atom is 0.102 e. The minimum atomic E-state index is -1.88. The van der Waals surface area contributed by atoms with E-state index in [2.05, 4.69) is 6.58 Å². The summed E-state index contributed by atoms with van der Waals surface area (Å²) in [5.74, 6) is 1.49. The molecule has 0 aromatic carbocycles. The van der Waals surface area contributed by atoms with Crippen molar-refractivity contribution in [2.75, 3.05) is 13.3 Å². The van der Waals surface area contributed by atoms with E-state index in [1.54, 1.807) is 13.3 Å². The van der Waals surface area contributed by atoms with Gasteiger partial charge in [0.05, 0.1) is 0 Å². The van der Waals surface area contributed by atoms with Crippen LogP contribution in [0.3, 0.4) is 0 Å². The molecule has 36 valence electrons. The molecule has 2 heteroatoms. The summed E-state index contributed by atoms with van der Waals surface area (Å²) in [5, 5.41) is 0.